The summed E-state index contributed by atoms with van der Waals surface area (Å²) >= 11 is 3.27. The topological polar surface area (TPSA) is 64.6 Å². The first kappa shape index (κ1) is 16.4. The molecule has 108 valence electrons. The van der Waals surface area contributed by atoms with Crippen molar-refractivity contribution >= 4 is 26.0 Å². The Morgan fingerprint density at radius 1 is 1.37 bits per heavy atom. The Hall–Kier alpha value is -0.630. The first-order valence-corrected chi connectivity index (χ1v) is 8.03. The maximum Gasteiger partial charge on any atom is 0.240 e. The van der Waals surface area contributed by atoms with Crippen molar-refractivity contribution in [3.05, 3.63) is 22.7 Å². The first-order valence-electron chi connectivity index (χ1n) is 5.75. The van der Waals surface area contributed by atoms with Crippen molar-refractivity contribution in [3.63, 3.8) is 0 Å². The average molecular weight is 352 g/mol. The maximum absolute atomic E-state index is 12.1. The summed E-state index contributed by atoms with van der Waals surface area (Å²) in [6, 6.07) is 4.45. The summed E-state index contributed by atoms with van der Waals surface area (Å²) in [5.74, 6) is 0.589. The normalized spacial score (nSPS) is 13.3. The molecule has 1 atom stereocenters. The van der Waals surface area contributed by atoms with Gasteiger partial charge in [-0.1, -0.05) is 0 Å². The number of rotatable bonds is 7. The molecule has 0 aliphatic carbocycles. The van der Waals surface area contributed by atoms with E-state index in [4.69, 9.17) is 9.47 Å². The molecular formula is C12H18BrNO4S. The van der Waals surface area contributed by atoms with Crippen LogP contribution in [0.5, 0.6) is 5.75 Å². The van der Waals surface area contributed by atoms with Crippen LogP contribution >= 0.6 is 15.9 Å². The van der Waals surface area contributed by atoms with Gasteiger partial charge in [-0.25, -0.2) is 13.1 Å². The fraction of sp³-hybridized carbons (Fsp3) is 0.500. The predicted molar refractivity (Wildman–Crippen MR) is 77.0 cm³/mol. The predicted octanol–water partition coefficient (Wildman–Crippen LogP) is 2.16. The molecule has 0 aromatic heterocycles. The van der Waals surface area contributed by atoms with E-state index in [-0.39, 0.29) is 10.9 Å². The third kappa shape index (κ3) is 4.76. The third-order valence-corrected chi connectivity index (χ3v) is 4.75. The van der Waals surface area contributed by atoms with Gasteiger partial charge >= 0.3 is 0 Å². The van der Waals surface area contributed by atoms with Gasteiger partial charge in [0.25, 0.3) is 0 Å². The summed E-state index contributed by atoms with van der Waals surface area (Å²) in [5, 5.41) is 0. The Morgan fingerprint density at radius 2 is 2.05 bits per heavy atom. The summed E-state index contributed by atoms with van der Waals surface area (Å²) in [6.45, 7) is 2.31. The quantitative estimate of drug-likeness (QED) is 0.817. The molecule has 0 spiro atoms. The van der Waals surface area contributed by atoms with Gasteiger partial charge in [0.05, 0.1) is 16.5 Å². The van der Waals surface area contributed by atoms with Crippen molar-refractivity contribution in [2.45, 2.75) is 24.3 Å². The minimum atomic E-state index is -3.53. The Balaban J connectivity index is 2.85. The van der Waals surface area contributed by atoms with Crippen LogP contribution in [0.3, 0.4) is 0 Å². The molecule has 0 saturated carbocycles. The number of nitrogens with one attached hydrogen (secondary N) is 1. The molecule has 1 unspecified atom stereocenters. The highest BCUT2D eigenvalue weighted by Crippen LogP contribution is 2.27. The Morgan fingerprint density at radius 3 is 2.58 bits per heavy atom. The molecule has 1 aromatic rings. The van der Waals surface area contributed by atoms with E-state index in [0.717, 1.165) is 0 Å². The highest BCUT2D eigenvalue weighted by atomic mass is 79.9. The van der Waals surface area contributed by atoms with Crippen LogP contribution in [0.25, 0.3) is 0 Å². The van der Waals surface area contributed by atoms with E-state index in [1.807, 2.05) is 0 Å². The van der Waals surface area contributed by atoms with Gasteiger partial charge in [-0.15, -0.1) is 0 Å². The van der Waals surface area contributed by atoms with Crippen molar-refractivity contribution < 1.29 is 17.9 Å². The zero-order valence-electron chi connectivity index (χ0n) is 11.1. The molecule has 0 radical (unpaired) electrons. The second kappa shape index (κ2) is 7.23. The van der Waals surface area contributed by atoms with Crippen LogP contribution in [-0.4, -0.2) is 35.3 Å². The van der Waals surface area contributed by atoms with Crippen LogP contribution in [0.2, 0.25) is 0 Å². The Kier molecular flexibility index (Phi) is 6.25. The lowest BCUT2D eigenvalue weighted by Crippen LogP contribution is -2.33. The SMILES string of the molecule is COCCC(C)NS(=O)(=O)c1ccc(OC)c(Br)c1. The van der Waals surface area contributed by atoms with Crippen LogP contribution in [0, 0.1) is 0 Å². The fourth-order valence-corrected chi connectivity index (χ4v) is 3.50. The Labute approximate surface area is 122 Å². The minimum absolute atomic E-state index is 0.189. The summed E-state index contributed by atoms with van der Waals surface area (Å²) in [7, 11) is -0.416. The van der Waals surface area contributed by atoms with Crippen molar-refractivity contribution in [2.24, 2.45) is 0 Å². The maximum atomic E-state index is 12.1. The van der Waals surface area contributed by atoms with Gasteiger partial charge in [0.1, 0.15) is 5.75 Å². The summed E-state index contributed by atoms with van der Waals surface area (Å²) in [6.07, 6.45) is 0.618. The largest absolute Gasteiger partial charge is 0.496 e. The number of halogens is 1. The zero-order valence-corrected chi connectivity index (χ0v) is 13.5. The van der Waals surface area contributed by atoms with Crippen LogP contribution in [-0.2, 0) is 14.8 Å². The van der Waals surface area contributed by atoms with Gasteiger partial charge < -0.3 is 9.47 Å². The van der Waals surface area contributed by atoms with Crippen LogP contribution < -0.4 is 9.46 Å². The van der Waals surface area contributed by atoms with Crippen LogP contribution in [0.4, 0.5) is 0 Å². The zero-order chi connectivity index (χ0) is 14.5. The second-order valence-corrected chi connectivity index (χ2v) is 6.67. The molecule has 5 nitrogen and oxygen atoms in total. The second-order valence-electron chi connectivity index (χ2n) is 4.10. The summed E-state index contributed by atoms with van der Waals surface area (Å²) < 4.78 is 37.5. The van der Waals surface area contributed by atoms with E-state index in [0.29, 0.717) is 23.2 Å². The molecule has 0 aliphatic rings. The number of hydrogen-bond donors (Lipinski definition) is 1. The van der Waals surface area contributed by atoms with E-state index in [1.165, 1.54) is 19.2 Å². The smallest absolute Gasteiger partial charge is 0.240 e. The van der Waals surface area contributed by atoms with Crippen LogP contribution in [0.1, 0.15) is 13.3 Å². The molecule has 0 saturated heterocycles. The number of hydrogen-bond acceptors (Lipinski definition) is 4. The van der Waals surface area contributed by atoms with Crippen molar-refractivity contribution in [1.29, 1.82) is 0 Å². The van der Waals surface area contributed by atoms with Crippen molar-refractivity contribution in [3.8, 4) is 5.75 Å². The highest BCUT2D eigenvalue weighted by Gasteiger charge is 2.18. The summed E-state index contributed by atoms with van der Waals surface area (Å²) in [4.78, 5) is 0.199. The standard InChI is InChI=1S/C12H18BrNO4S/c1-9(6-7-17-2)14-19(15,16)10-4-5-12(18-3)11(13)8-10/h4-5,8-9,14H,6-7H2,1-3H3. The lowest BCUT2D eigenvalue weighted by molar-refractivity contribution is 0.188. The molecule has 1 N–H and O–H groups in total. The molecule has 1 aromatic carbocycles. The van der Waals surface area contributed by atoms with Crippen molar-refractivity contribution in [2.75, 3.05) is 20.8 Å². The molecular weight excluding hydrogens is 334 g/mol. The molecule has 19 heavy (non-hydrogen) atoms. The number of sulfonamides is 1. The number of methoxy groups -OCH3 is 2. The van der Waals surface area contributed by atoms with E-state index in [9.17, 15) is 8.42 Å². The van der Waals surface area contributed by atoms with Gasteiger partial charge in [-0.3, -0.25) is 0 Å². The molecule has 7 heteroatoms. The number of ether oxygens (including phenoxy) is 2. The molecule has 1 rings (SSSR count). The van der Waals surface area contributed by atoms with Gasteiger partial charge in [0.15, 0.2) is 0 Å². The van der Waals surface area contributed by atoms with E-state index < -0.39 is 10.0 Å². The van der Waals surface area contributed by atoms with E-state index in [1.54, 1.807) is 20.1 Å². The van der Waals surface area contributed by atoms with Gasteiger partial charge in [0.2, 0.25) is 10.0 Å². The minimum Gasteiger partial charge on any atom is -0.496 e. The van der Waals surface area contributed by atoms with Crippen LogP contribution in [0.15, 0.2) is 27.6 Å². The molecule has 0 fully saturated rings. The van der Waals surface area contributed by atoms with Gasteiger partial charge in [-0.05, 0) is 47.5 Å². The molecule has 0 amide bonds. The van der Waals surface area contributed by atoms with Gasteiger partial charge in [0, 0.05) is 19.8 Å². The monoisotopic (exact) mass is 351 g/mol. The molecule has 0 aliphatic heterocycles. The van der Waals surface area contributed by atoms with Gasteiger partial charge in [-0.2, -0.15) is 0 Å². The number of benzene rings is 1. The van der Waals surface area contributed by atoms with E-state index in [2.05, 4.69) is 20.7 Å². The average Bonchev–Trinajstić information content (AvgIpc) is 2.35. The first-order chi connectivity index (χ1) is 8.90. The van der Waals surface area contributed by atoms with Crippen molar-refractivity contribution in [1.82, 2.24) is 4.72 Å². The summed E-state index contributed by atoms with van der Waals surface area (Å²) in [5.41, 5.74) is 0. The van der Waals surface area contributed by atoms with E-state index >= 15 is 0 Å². The Bertz CT molecular complexity index is 518. The third-order valence-electron chi connectivity index (χ3n) is 2.54. The molecule has 0 bridgehead atoms. The molecule has 0 heterocycles. The lowest BCUT2D eigenvalue weighted by atomic mass is 10.3. The highest BCUT2D eigenvalue weighted by molar-refractivity contribution is 9.10. The lowest BCUT2D eigenvalue weighted by Gasteiger charge is -2.14. The fourth-order valence-electron chi connectivity index (χ4n) is 1.50.